The van der Waals surface area contributed by atoms with Gasteiger partial charge in [-0.05, 0) is 19.0 Å². The Bertz CT molecular complexity index is 422. The third-order valence-electron chi connectivity index (χ3n) is 3.43. The largest absolute Gasteiger partial charge is 0.481 e. The van der Waals surface area contributed by atoms with E-state index in [2.05, 4.69) is 0 Å². The molecule has 0 aliphatic carbocycles. The van der Waals surface area contributed by atoms with Crippen molar-refractivity contribution in [3.63, 3.8) is 0 Å². The second kappa shape index (κ2) is 7.24. The first-order valence-corrected chi connectivity index (χ1v) is 6.72. The lowest BCUT2D eigenvalue weighted by Gasteiger charge is -2.31. The lowest BCUT2D eigenvalue weighted by atomic mass is 10.0. The van der Waals surface area contributed by atoms with Crippen LogP contribution >= 0.6 is 0 Å². The number of halogens is 1. The Kier molecular flexibility index (Phi) is 5.96. The molecule has 0 radical (unpaired) electrons. The van der Waals surface area contributed by atoms with Gasteiger partial charge in [0.15, 0.2) is 0 Å². The Labute approximate surface area is 114 Å². The molecule has 106 valence electrons. The molecule has 2 atom stereocenters. The van der Waals surface area contributed by atoms with Gasteiger partial charge in [-0.2, -0.15) is 0 Å². The van der Waals surface area contributed by atoms with Crippen molar-refractivity contribution in [2.45, 2.75) is 33.2 Å². The van der Waals surface area contributed by atoms with Crippen molar-refractivity contribution < 1.29 is 14.3 Å². The molecule has 1 rings (SSSR count). The van der Waals surface area contributed by atoms with Gasteiger partial charge in [-0.3, -0.25) is 9.69 Å². The van der Waals surface area contributed by atoms with E-state index >= 15 is 0 Å². The molecule has 0 aliphatic heterocycles. The number of hydrogen-bond acceptors (Lipinski definition) is 2. The third kappa shape index (κ3) is 4.03. The number of benzene rings is 1. The van der Waals surface area contributed by atoms with Crippen molar-refractivity contribution >= 4 is 5.97 Å². The van der Waals surface area contributed by atoms with Gasteiger partial charge < -0.3 is 5.11 Å². The van der Waals surface area contributed by atoms with Crippen molar-refractivity contribution in [1.29, 1.82) is 0 Å². The zero-order valence-electron chi connectivity index (χ0n) is 11.8. The van der Waals surface area contributed by atoms with E-state index in [1.54, 1.807) is 19.1 Å². The van der Waals surface area contributed by atoms with E-state index in [1.165, 1.54) is 6.07 Å². The monoisotopic (exact) mass is 267 g/mol. The van der Waals surface area contributed by atoms with Gasteiger partial charge in [0.25, 0.3) is 0 Å². The van der Waals surface area contributed by atoms with Crippen LogP contribution in [-0.2, 0) is 4.79 Å². The highest BCUT2D eigenvalue weighted by Crippen LogP contribution is 2.27. The molecular formula is C15H22FNO2. The van der Waals surface area contributed by atoms with Crippen LogP contribution in [0.2, 0.25) is 0 Å². The number of nitrogens with zero attached hydrogens (tertiary/aromatic N) is 1. The second-order valence-corrected chi connectivity index (χ2v) is 4.77. The van der Waals surface area contributed by atoms with E-state index in [0.717, 1.165) is 6.42 Å². The lowest BCUT2D eigenvalue weighted by Crippen LogP contribution is -2.35. The molecule has 0 aromatic heterocycles. The maximum atomic E-state index is 13.9. The highest BCUT2D eigenvalue weighted by Gasteiger charge is 2.23. The van der Waals surface area contributed by atoms with Crippen LogP contribution in [-0.4, -0.2) is 29.1 Å². The van der Waals surface area contributed by atoms with Gasteiger partial charge in [0.05, 0.1) is 5.92 Å². The lowest BCUT2D eigenvalue weighted by molar-refractivity contribution is -0.141. The molecule has 1 aromatic rings. The van der Waals surface area contributed by atoms with Crippen LogP contribution in [0.5, 0.6) is 0 Å². The smallest absolute Gasteiger partial charge is 0.307 e. The zero-order chi connectivity index (χ0) is 14.4. The minimum atomic E-state index is -0.818. The molecule has 0 fully saturated rings. The van der Waals surface area contributed by atoms with Crippen LogP contribution < -0.4 is 0 Å². The third-order valence-corrected chi connectivity index (χ3v) is 3.43. The van der Waals surface area contributed by atoms with Gasteiger partial charge in [0.2, 0.25) is 0 Å². The van der Waals surface area contributed by atoms with Crippen LogP contribution in [0.3, 0.4) is 0 Å². The standard InChI is InChI=1S/C15H22FNO2/c1-4-14(12-8-6-7-9-13(12)16)17(5-2)10-11(3)15(18)19/h6-9,11,14H,4-5,10H2,1-3H3,(H,18,19). The van der Waals surface area contributed by atoms with E-state index < -0.39 is 11.9 Å². The first-order valence-electron chi connectivity index (χ1n) is 6.72. The van der Waals surface area contributed by atoms with Gasteiger partial charge in [0, 0.05) is 18.2 Å². The van der Waals surface area contributed by atoms with Crippen molar-refractivity contribution in [1.82, 2.24) is 4.90 Å². The summed E-state index contributed by atoms with van der Waals surface area (Å²) in [5.41, 5.74) is 0.643. The molecule has 4 heteroatoms. The summed E-state index contributed by atoms with van der Waals surface area (Å²) in [6.45, 7) is 6.77. The molecule has 0 bridgehead atoms. The van der Waals surface area contributed by atoms with E-state index in [1.807, 2.05) is 24.8 Å². The average molecular weight is 267 g/mol. The summed E-state index contributed by atoms with van der Waals surface area (Å²) in [6, 6.07) is 6.63. The SMILES string of the molecule is CCC(c1ccccc1F)N(CC)CC(C)C(=O)O. The number of rotatable bonds is 7. The van der Waals surface area contributed by atoms with Crippen LogP contribution in [0, 0.1) is 11.7 Å². The van der Waals surface area contributed by atoms with Gasteiger partial charge in [0.1, 0.15) is 5.82 Å². The molecule has 2 unspecified atom stereocenters. The van der Waals surface area contributed by atoms with E-state index in [9.17, 15) is 9.18 Å². The number of carbonyl (C=O) groups is 1. The summed E-state index contributed by atoms with van der Waals surface area (Å²) >= 11 is 0. The van der Waals surface area contributed by atoms with Gasteiger partial charge in [-0.15, -0.1) is 0 Å². The maximum absolute atomic E-state index is 13.9. The molecule has 0 saturated carbocycles. The minimum absolute atomic E-state index is 0.0759. The van der Waals surface area contributed by atoms with Gasteiger partial charge >= 0.3 is 5.97 Å². The van der Waals surface area contributed by atoms with Crippen molar-refractivity contribution in [2.75, 3.05) is 13.1 Å². The van der Waals surface area contributed by atoms with Crippen molar-refractivity contribution in [3.8, 4) is 0 Å². The molecule has 0 aliphatic rings. The zero-order valence-corrected chi connectivity index (χ0v) is 11.8. The molecular weight excluding hydrogens is 245 g/mol. The Morgan fingerprint density at radius 1 is 1.37 bits per heavy atom. The Hall–Kier alpha value is -1.42. The predicted molar refractivity (Wildman–Crippen MR) is 73.5 cm³/mol. The topological polar surface area (TPSA) is 40.5 Å². The quantitative estimate of drug-likeness (QED) is 0.824. The summed E-state index contributed by atoms with van der Waals surface area (Å²) in [4.78, 5) is 13.0. The predicted octanol–water partition coefficient (Wildman–Crippen LogP) is 3.32. The summed E-state index contributed by atoms with van der Waals surface area (Å²) in [6.07, 6.45) is 0.751. The molecule has 0 amide bonds. The molecule has 0 saturated heterocycles. The first kappa shape index (κ1) is 15.6. The van der Waals surface area contributed by atoms with Crippen molar-refractivity contribution in [2.24, 2.45) is 5.92 Å². The summed E-state index contributed by atoms with van der Waals surface area (Å²) in [7, 11) is 0. The molecule has 1 N–H and O–H groups in total. The number of hydrogen-bond donors (Lipinski definition) is 1. The normalized spacial score (nSPS) is 14.4. The van der Waals surface area contributed by atoms with E-state index in [0.29, 0.717) is 18.7 Å². The Morgan fingerprint density at radius 2 is 2.00 bits per heavy atom. The summed E-state index contributed by atoms with van der Waals surface area (Å²) in [5, 5.41) is 9.01. The number of carboxylic acids is 1. The maximum Gasteiger partial charge on any atom is 0.307 e. The fourth-order valence-corrected chi connectivity index (χ4v) is 2.33. The van der Waals surface area contributed by atoms with Crippen LogP contribution in [0.25, 0.3) is 0 Å². The molecule has 0 heterocycles. The Morgan fingerprint density at radius 3 is 2.47 bits per heavy atom. The number of carboxylic acid groups (broad SMARTS) is 1. The fraction of sp³-hybridized carbons (Fsp3) is 0.533. The van der Waals surface area contributed by atoms with Crippen LogP contribution in [0.4, 0.5) is 4.39 Å². The van der Waals surface area contributed by atoms with E-state index in [-0.39, 0.29) is 11.9 Å². The van der Waals surface area contributed by atoms with Crippen LogP contribution in [0.1, 0.15) is 38.8 Å². The minimum Gasteiger partial charge on any atom is -0.481 e. The Balaban J connectivity index is 2.93. The van der Waals surface area contributed by atoms with Gasteiger partial charge in [-0.1, -0.05) is 39.0 Å². The van der Waals surface area contributed by atoms with E-state index in [4.69, 9.17) is 5.11 Å². The summed E-state index contributed by atoms with van der Waals surface area (Å²) < 4.78 is 13.9. The number of aliphatic carboxylic acids is 1. The van der Waals surface area contributed by atoms with Crippen molar-refractivity contribution in [3.05, 3.63) is 35.6 Å². The van der Waals surface area contributed by atoms with Crippen LogP contribution in [0.15, 0.2) is 24.3 Å². The molecule has 0 spiro atoms. The highest BCUT2D eigenvalue weighted by molar-refractivity contribution is 5.69. The fourth-order valence-electron chi connectivity index (χ4n) is 2.33. The second-order valence-electron chi connectivity index (χ2n) is 4.77. The molecule has 3 nitrogen and oxygen atoms in total. The highest BCUT2D eigenvalue weighted by atomic mass is 19.1. The summed E-state index contributed by atoms with van der Waals surface area (Å²) in [5.74, 6) is -1.50. The molecule has 1 aromatic carbocycles. The molecule has 19 heavy (non-hydrogen) atoms. The first-order chi connectivity index (χ1) is 9.01. The average Bonchev–Trinajstić information content (AvgIpc) is 2.39. The van der Waals surface area contributed by atoms with Gasteiger partial charge in [-0.25, -0.2) is 4.39 Å².